The number of allylic oxidation sites excluding steroid dienone is 3. The average molecular weight is 554 g/mol. The molecular formula is C29H32BrNO5. The molecule has 7 heteroatoms. The van der Waals surface area contributed by atoms with Crippen molar-refractivity contribution in [3.63, 3.8) is 0 Å². The number of ether oxygens (including phenoxy) is 3. The predicted molar refractivity (Wildman–Crippen MR) is 142 cm³/mol. The number of hydrogen-bond acceptors (Lipinski definition) is 6. The number of methoxy groups -OCH3 is 2. The van der Waals surface area contributed by atoms with Crippen LogP contribution in [0.2, 0.25) is 0 Å². The Morgan fingerprint density at radius 2 is 1.78 bits per heavy atom. The summed E-state index contributed by atoms with van der Waals surface area (Å²) in [6.45, 7) is 5.71. The van der Waals surface area contributed by atoms with E-state index in [0.717, 1.165) is 21.3 Å². The number of carbonyl (C=O) groups excluding carboxylic acids is 2. The van der Waals surface area contributed by atoms with Crippen molar-refractivity contribution < 1.29 is 23.8 Å². The van der Waals surface area contributed by atoms with E-state index in [1.807, 2.05) is 51.1 Å². The van der Waals surface area contributed by atoms with Crippen molar-refractivity contribution in [1.29, 1.82) is 0 Å². The maximum atomic E-state index is 13.8. The first-order valence-corrected chi connectivity index (χ1v) is 13.0. The summed E-state index contributed by atoms with van der Waals surface area (Å²) < 4.78 is 17.5. The van der Waals surface area contributed by atoms with Gasteiger partial charge in [0.2, 0.25) is 0 Å². The minimum Gasteiger partial charge on any atom is -0.493 e. The number of dihydropyridines is 1. The average Bonchev–Trinajstić information content (AvgIpc) is 2.87. The number of ketones is 1. The molecule has 1 aliphatic carbocycles. The molecule has 2 aliphatic rings. The zero-order valence-corrected chi connectivity index (χ0v) is 22.9. The Morgan fingerprint density at radius 1 is 1.11 bits per heavy atom. The van der Waals surface area contributed by atoms with Crippen LogP contribution in [-0.4, -0.2) is 32.1 Å². The molecule has 0 saturated heterocycles. The summed E-state index contributed by atoms with van der Waals surface area (Å²) in [4.78, 5) is 27.3. The molecule has 190 valence electrons. The maximum Gasteiger partial charge on any atom is 0.337 e. The lowest BCUT2D eigenvalue weighted by Crippen LogP contribution is -2.36. The second-order valence-corrected chi connectivity index (χ2v) is 10.1. The first-order valence-electron chi connectivity index (χ1n) is 12.2. The Labute approximate surface area is 220 Å². The standard InChI is InChI=1S/C29H32BrNO5/c1-6-16(2)36-29(33)26-17(3)31-22-12-19(18-10-8-7-9-11-18)13-23(32)28(22)27(26)20-14-24(34-4)25(35-5)15-21(20)30/h7-11,14-16,19,27,31H,6,12-13H2,1-5H3/t16-,19+,27-/m0/s1. The van der Waals surface area contributed by atoms with E-state index in [9.17, 15) is 9.59 Å². The van der Waals surface area contributed by atoms with Crippen LogP contribution in [0.5, 0.6) is 11.5 Å². The Kier molecular flexibility index (Phi) is 7.88. The van der Waals surface area contributed by atoms with Gasteiger partial charge in [-0.25, -0.2) is 4.79 Å². The van der Waals surface area contributed by atoms with Gasteiger partial charge in [-0.2, -0.15) is 0 Å². The van der Waals surface area contributed by atoms with Gasteiger partial charge in [0.1, 0.15) is 0 Å². The van der Waals surface area contributed by atoms with Gasteiger partial charge in [-0.3, -0.25) is 4.79 Å². The van der Waals surface area contributed by atoms with Crippen molar-refractivity contribution >= 4 is 27.7 Å². The van der Waals surface area contributed by atoms with Crippen LogP contribution in [0.25, 0.3) is 0 Å². The molecule has 6 nitrogen and oxygen atoms in total. The Hall–Kier alpha value is -3.06. The van der Waals surface area contributed by atoms with Crippen molar-refractivity contribution in [2.45, 2.75) is 58.0 Å². The van der Waals surface area contributed by atoms with E-state index >= 15 is 0 Å². The zero-order chi connectivity index (χ0) is 26.0. The van der Waals surface area contributed by atoms with Crippen molar-refractivity contribution in [3.8, 4) is 11.5 Å². The molecule has 0 spiro atoms. The minimum atomic E-state index is -0.601. The molecule has 0 bridgehead atoms. The number of rotatable bonds is 7. The minimum absolute atomic E-state index is 0.0191. The largest absolute Gasteiger partial charge is 0.493 e. The first-order chi connectivity index (χ1) is 17.3. The third kappa shape index (κ3) is 4.94. The number of nitrogens with one attached hydrogen (secondary N) is 1. The smallest absolute Gasteiger partial charge is 0.337 e. The molecule has 0 unspecified atom stereocenters. The van der Waals surface area contributed by atoms with E-state index in [1.165, 1.54) is 0 Å². The van der Waals surface area contributed by atoms with Crippen LogP contribution in [-0.2, 0) is 14.3 Å². The van der Waals surface area contributed by atoms with Crippen LogP contribution in [0, 0.1) is 0 Å². The highest BCUT2D eigenvalue weighted by molar-refractivity contribution is 9.10. The molecule has 1 heterocycles. The van der Waals surface area contributed by atoms with Gasteiger partial charge in [0.15, 0.2) is 17.3 Å². The van der Waals surface area contributed by atoms with E-state index in [0.29, 0.717) is 47.6 Å². The quantitative estimate of drug-likeness (QED) is 0.413. The second kappa shape index (κ2) is 10.9. The van der Waals surface area contributed by atoms with E-state index in [-0.39, 0.29) is 17.8 Å². The Morgan fingerprint density at radius 3 is 2.42 bits per heavy atom. The summed E-state index contributed by atoms with van der Waals surface area (Å²) in [6, 6.07) is 13.7. The van der Waals surface area contributed by atoms with Gasteiger partial charge in [0, 0.05) is 33.8 Å². The summed E-state index contributed by atoms with van der Waals surface area (Å²) >= 11 is 3.67. The fourth-order valence-corrected chi connectivity index (χ4v) is 5.55. The molecule has 0 amide bonds. The SMILES string of the molecule is CC[C@H](C)OC(=O)C1=C(C)NC2=C(C(=O)C[C@H](c3ccccc3)C2)[C@H]1c1cc(OC)c(OC)cc1Br. The highest BCUT2D eigenvalue weighted by Crippen LogP contribution is 2.49. The van der Waals surface area contributed by atoms with E-state index in [1.54, 1.807) is 14.2 Å². The lowest BCUT2D eigenvalue weighted by Gasteiger charge is -2.37. The molecule has 0 radical (unpaired) electrons. The fraction of sp³-hybridized carbons (Fsp3) is 0.379. The Bertz CT molecular complexity index is 1230. The van der Waals surface area contributed by atoms with Crippen LogP contribution in [0.4, 0.5) is 0 Å². The second-order valence-electron chi connectivity index (χ2n) is 9.28. The monoisotopic (exact) mass is 553 g/mol. The van der Waals surface area contributed by atoms with Crippen molar-refractivity contribution in [2.75, 3.05) is 14.2 Å². The van der Waals surface area contributed by atoms with E-state index in [2.05, 4.69) is 33.4 Å². The number of Topliss-reactive ketones (excluding diaryl/α,β-unsaturated/α-hetero) is 1. The summed E-state index contributed by atoms with van der Waals surface area (Å²) in [6.07, 6.45) is 1.50. The molecule has 36 heavy (non-hydrogen) atoms. The topological polar surface area (TPSA) is 73.9 Å². The van der Waals surface area contributed by atoms with E-state index < -0.39 is 11.9 Å². The highest BCUT2D eigenvalue weighted by Gasteiger charge is 2.42. The Balaban J connectivity index is 1.87. The van der Waals surface area contributed by atoms with Gasteiger partial charge in [-0.15, -0.1) is 0 Å². The fourth-order valence-electron chi connectivity index (χ4n) is 5.00. The van der Waals surface area contributed by atoms with Gasteiger partial charge >= 0.3 is 5.97 Å². The molecule has 2 aromatic carbocycles. The summed E-state index contributed by atoms with van der Waals surface area (Å²) in [5, 5.41) is 3.41. The predicted octanol–water partition coefficient (Wildman–Crippen LogP) is 6.17. The zero-order valence-electron chi connectivity index (χ0n) is 21.3. The van der Waals surface area contributed by atoms with Crippen molar-refractivity contribution in [2.24, 2.45) is 0 Å². The van der Waals surface area contributed by atoms with Gasteiger partial charge in [-0.05, 0) is 55.9 Å². The van der Waals surface area contributed by atoms with Gasteiger partial charge < -0.3 is 19.5 Å². The van der Waals surface area contributed by atoms with Gasteiger partial charge in [0.25, 0.3) is 0 Å². The summed E-state index contributed by atoms with van der Waals surface area (Å²) in [5.41, 5.74) is 4.47. The highest BCUT2D eigenvalue weighted by atomic mass is 79.9. The number of carbonyl (C=O) groups is 2. The van der Waals surface area contributed by atoms with Crippen LogP contribution >= 0.6 is 15.9 Å². The number of hydrogen-bond donors (Lipinski definition) is 1. The molecule has 1 N–H and O–H groups in total. The normalized spacial score (nSPS) is 20.4. The van der Waals surface area contributed by atoms with Crippen LogP contribution in [0.1, 0.15) is 63.0 Å². The van der Waals surface area contributed by atoms with Gasteiger partial charge in [0.05, 0.1) is 25.9 Å². The third-order valence-electron chi connectivity index (χ3n) is 7.02. The number of esters is 1. The van der Waals surface area contributed by atoms with Gasteiger partial charge in [-0.1, -0.05) is 53.2 Å². The van der Waals surface area contributed by atoms with Crippen LogP contribution < -0.4 is 14.8 Å². The number of benzene rings is 2. The van der Waals surface area contributed by atoms with Crippen molar-refractivity contribution in [3.05, 3.63) is 80.6 Å². The lowest BCUT2D eigenvalue weighted by atomic mass is 9.71. The molecule has 4 rings (SSSR count). The van der Waals surface area contributed by atoms with E-state index in [4.69, 9.17) is 14.2 Å². The molecule has 2 aromatic rings. The lowest BCUT2D eigenvalue weighted by molar-refractivity contribution is -0.144. The molecule has 0 aromatic heterocycles. The molecule has 1 aliphatic heterocycles. The molecule has 0 fully saturated rings. The summed E-state index contributed by atoms with van der Waals surface area (Å²) in [5.74, 6) is 0.141. The third-order valence-corrected chi connectivity index (χ3v) is 7.70. The maximum absolute atomic E-state index is 13.8. The molecular weight excluding hydrogens is 522 g/mol. The first kappa shape index (κ1) is 26.0. The van der Waals surface area contributed by atoms with Crippen LogP contribution in [0.3, 0.4) is 0 Å². The molecule has 3 atom stereocenters. The van der Waals surface area contributed by atoms with Crippen LogP contribution in [0.15, 0.2) is 69.5 Å². The molecule has 0 saturated carbocycles. The van der Waals surface area contributed by atoms with Crippen molar-refractivity contribution in [1.82, 2.24) is 5.32 Å². The summed E-state index contributed by atoms with van der Waals surface area (Å²) in [7, 11) is 3.14. The number of halogens is 1.